The van der Waals surface area contributed by atoms with Crippen LogP contribution in [-0.4, -0.2) is 60.2 Å². The first-order valence-electron chi connectivity index (χ1n) is 10.9. The molecule has 2 atom stereocenters. The zero-order valence-electron chi connectivity index (χ0n) is 17.6. The predicted molar refractivity (Wildman–Crippen MR) is 119 cm³/mol. The van der Waals surface area contributed by atoms with E-state index in [4.69, 9.17) is 9.72 Å². The van der Waals surface area contributed by atoms with Gasteiger partial charge in [-0.05, 0) is 36.9 Å². The van der Waals surface area contributed by atoms with Crippen LogP contribution in [0.4, 0.5) is 5.82 Å². The zero-order valence-corrected chi connectivity index (χ0v) is 18.4. The number of amides is 1. The molecule has 1 N–H and O–H groups in total. The number of aromatic nitrogens is 2. The molecule has 8 heteroatoms. The number of anilines is 1. The van der Waals surface area contributed by atoms with Crippen LogP contribution in [0.1, 0.15) is 42.8 Å². The molecule has 4 heterocycles. The molecule has 2 aromatic rings. The van der Waals surface area contributed by atoms with Gasteiger partial charge in [0.25, 0.3) is 0 Å². The second-order valence-corrected chi connectivity index (χ2v) is 8.96. The van der Waals surface area contributed by atoms with E-state index in [1.54, 1.807) is 11.3 Å². The molecule has 0 spiro atoms. The topological polar surface area (TPSA) is 70.6 Å². The summed E-state index contributed by atoms with van der Waals surface area (Å²) in [5, 5.41) is 6.22. The lowest BCUT2D eigenvalue weighted by Gasteiger charge is -2.36. The van der Waals surface area contributed by atoms with E-state index in [2.05, 4.69) is 32.2 Å². The number of thiazole rings is 1. The van der Waals surface area contributed by atoms with Gasteiger partial charge in [-0.3, -0.25) is 9.69 Å². The van der Waals surface area contributed by atoms with E-state index in [9.17, 15) is 4.79 Å². The summed E-state index contributed by atoms with van der Waals surface area (Å²) in [5.41, 5.74) is 1.23. The van der Waals surface area contributed by atoms with E-state index in [0.717, 1.165) is 69.6 Å². The van der Waals surface area contributed by atoms with E-state index in [1.165, 1.54) is 5.56 Å². The number of pyridine rings is 1. The summed E-state index contributed by atoms with van der Waals surface area (Å²) in [5.74, 6) is 1.50. The fourth-order valence-electron chi connectivity index (χ4n) is 4.30. The van der Waals surface area contributed by atoms with Crippen LogP contribution >= 0.6 is 11.3 Å². The molecule has 0 saturated carbocycles. The van der Waals surface area contributed by atoms with E-state index in [-0.39, 0.29) is 11.9 Å². The van der Waals surface area contributed by atoms with Crippen molar-refractivity contribution in [1.82, 2.24) is 20.2 Å². The Morgan fingerprint density at radius 2 is 2.17 bits per heavy atom. The van der Waals surface area contributed by atoms with E-state index in [0.29, 0.717) is 12.3 Å². The van der Waals surface area contributed by atoms with Gasteiger partial charge in [-0.2, -0.15) is 0 Å². The zero-order chi connectivity index (χ0) is 20.8. The lowest BCUT2D eigenvalue weighted by molar-refractivity contribution is -0.122. The average molecular weight is 430 g/mol. The lowest BCUT2D eigenvalue weighted by Crippen LogP contribution is -2.42. The Kier molecular flexibility index (Phi) is 7.30. The summed E-state index contributed by atoms with van der Waals surface area (Å²) in [7, 11) is 0. The minimum absolute atomic E-state index is 0.00192. The molecule has 2 aliphatic heterocycles. The highest BCUT2D eigenvalue weighted by Gasteiger charge is 2.31. The fourth-order valence-corrected chi connectivity index (χ4v) is 5.08. The van der Waals surface area contributed by atoms with Crippen molar-refractivity contribution in [3.63, 3.8) is 0 Å². The van der Waals surface area contributed by atoms with Crippen LogP contribution in [0, 0.1) is 5.92 Å². The van der Waals surface area contributed by atoms with Gasteiger partial charge in [0.05, 0.1) is 19.3 Å². The summed E-state index contributed by atoms with van der Waals surface area (Å²) in [4.78, 5) is 26.1. The molecular weight excluding hydrogens is 398 g/mol. The smallest absolute Gasteiger partial charge is 0.220 e. The van der Waals surface area contributed by atoms with Gasteiger partial charge in [0.1, 0.15) is 10.8 Å². The summed E-state index contributed by atoms with van der Waals surface area (Å²) in [6.07, 6.45) is 6.57. The van der Waals surface area contributed by atoms with Crippen LogP contribution in [0.25, 0.3) is 0 Å². The molecule has 1 amide bonds. The minimum Gasteiger partial charge on any atom is -0.378 e. The maximum Gasteiger partial charge on any atom is 0.220 e. The molecule has 162 valence electrons. The first-order valence-corrected chi connectivity index (χ1v) is 11.8. The first-order chi connectivity index (χ1) is 14.7. The van der Waals surface area contributed by atoms with Crippen LogP contribution in [0.5, 0.6) is 0 Å². The van der Waals surface area contributed by atoms with Crippen molar-refractivity contribution in [2.24, 2.45) is 5.92 Å². The highest BCUT2D eigenvalue weighted by Crippen LogP contribution is 2.31. The molecule has 0 radical (unpaired) electrons. The van der Waals surface area contributed by atoms with Gasteiger partial charge < -0.3 is 15.0 Å². The molecule has 4 rings (SSSR count). The predicted octanol–water partition coefficient (Wildman–Crippen LogP) is 2.85. The van der Waals surface area contributed by atoms with E-state index < -0.39 is 0 Å². The van der Waals surface area contributed by atoms with Gasteiger partial charge in [0.2, 0.25) is 5.91 Å². The van der Waals surface area contributed by atoms with Crippen molar-refractivity contribution >= 4 is 23.1 Å². The van der Waals surface area contributed by atoms with Gasteiger partial charge in [-0.15, -0.1) is 11.3 Å². The molecule has 30 heavy (non-hydrogen) atoms. The van der Waals surface area contributed by atoms with Crippen molar-refractivity contribution in [3.05, 3.63) is 40.5 Å². The second-order valence-electron chi connectivity index (χ2n) is 8.03. The molecule has 0 aliphatic carbocycles. The maximum atomic E-state index is 12.1. The Bertz CT molecular complexity index is 792. The van der Waals surface area contributed by atoms with Gasteiger partial charge in [0.15, 0.2) is 0 Å². The summed E-state index contributed by atoms with van der Waals surface area (Å²) in [6.45, 7) is 8.17. The molecule has 2 saturated heterocycles. The quantitative estimate of drug-likeness (QED) is 0.730. The Hall–Kier alpha value is -2.03. The molecule has 0 bridgehead atoms. The highest BCUT2D eigenvalue weighted by molar-refractivity contribution is 7.09. The third kappa shape index (κ3) is 5.36. The molecule has 7 nitrogen and oxygen atoms in total. The lowest BCUT2D eigenvalue weighted by atomic mass is 9.90. The number of likely N-dealkylation sites (tertiary alicyclic amines) is 1. The van der Waals surface area contributed by atoms with Gasteiger partial charge in [-0.25, -0.2) is 9.97 Å². The van der Waals surface area contributed by atoms with Gasteiger partial charge in [-0.1, -0.05) is 13.0 Å². The molecular formula is C22H31N5O2S. The van der Waals surface area contributed by atoms with Crippen LogP contribution in [0.2, 0.25) is 0 Å². The van der Waals surface area contributed by atoms with Crippen molar-refractivity contribution in [3.8, 4) is 0 Å². The van der Waals surface area contributed by atoms with Gasteiger partial charge >= 0.3 is 0 Å². The van der Waals surface area contributed by atoms with E-state index in [1.807, 2.05) is 24.7 Å². The Labute approximate surface area is 182 Å². The summed E-state index contributed by atoms with van der Waals surface area (Å²) < 4.78 is 5.43. The monoisotopic (exact) mass is 429 g/mol. The Balaban J connectivity index is 1.38. The van der Waals surface area contributed by atoms with Crippen LogP contribution in [0.15, 0.2) is 29.9 Å². The Morgan fingerprint density at radius 1 is 1.30 bits per heavy atom. The van der Waals surface area contributed by atoms with Crippen molar-refractivity contribution in [2.45, 2.75) is 38.8 Å². The number of carbonyl (C=O) groups is 1. The van der Waals surface area contributed by atoms with Crippen molar-refractivity contribution in [1.29, 1.82) is 0 Å². The molecule has 0 unspecified atom stereocenters. The maximum absolute atomic E-state index is 12.1. The number of morpholine rings is 1. The summed E-state index contributed by atoms with van der Waals surface area (Å²) >= 11 is 1.63. The van der Waals surface area contributed by atoms with Crippen LogP contribution in [0.3, 0.4) is 0 Å². The minimum atomic E-state index is 0.00192. The Morgan fingerprint density at radius 3 is 2.87 bits per heavy atom. The van der Waals surface area contributed by atoms with Crippen LogP contribution in [-0.2, 0) is 16.1 Å². The fraction of sp³-hybridized carbons (Fsp3) is 0.591. The number of carbonyl (C=O) groups excluding carboxylic acids is 1. The number of nitrogens with one attached hydrogen (secondary N) is 1. The molecule has 2 aromatic heterocycles. The molecule has 2 aliphatic rings. The largest absolute Gasteiger partial charge is 0.378 e. The highest BCUT2D eigenvalue weighted by atomic mass is 32.1. The number of rotatable bonds is 7. The number of hydrogen-bond acceptors (Lipinski definition) is 7. The molecule has 0 aromatic carbocycles. The standard InChI is InChI=1S/C22H31N5O2S/c1-2-20(28)25-21(22-23-7-13-30-22)18-4-3-8-26(16-18)15-17-5-6-19(24-14-17)27-9-11-29-12-10-27/h5-7,13-14,18,21H,2-4,8-12,15-16H2,1H3,(H,25,28)/t18-,21+/m1/s1. The normalized spacial score (nSPS) is 21.4. The van der Waals surface area contributed by atoms with Crippen molar-refractivity contribution < 1.29 is 9.53 Å². The number of piperidine rings is 1. The van der Waals surface area contributed by atoms with E-state index >= 15 is 0 Å². The number of ether oxygens (including phenoxy) is 1. The first kappa shape index (κ1) is 21.2. The number of nitrogens with zero attached hydrogens (tertiary/aromatic N) is 4. The van der Waals surface area contributed by atoms with Gasteiger partial charge in [0, 0.05) is 50.4 Å². The average Bonchev–Trinajstić information content (AvgIpc) is 3.33. The SMILES string of the molecule is CCC(=O)N[C@H](c1nccs1)[C@@H]1CCCN(Cc2ccc(N3CCOCC3)nc2)C1. The van der Waals surface area contributed by atoms with Crippen molar-refractivity contribution in [2.75, 3.05) is 44.3 Å². The third-order valence-electron chi connectivity index (χ3n) is 5.92. The molecule has 2 fully saturated rings. The van der Waals surface area contributed by atoms with Crippen LogP contribution < -0.4 is 10.2 Å². The second kappa shape index (κ2) is 10.3. The third-order valence-corrected chi connectivity index (χ3v) is 6.78. The summed E-state index contributed by atoms with van der Waals surface area (Å²) in [6, 6.07) is 4.32. The number of hydrogen-bond donors (Lipinski definition) is 1.